The van der Waals surface area contributed by atoms with Crippen LogP contribution in [0, 0.1) is 11.6 Å². The van der Waals surface area contributed by atoms with Crippen molar-refractivity contribution in [3.63, 3.8) is 0 Å². The van der Waals surface area contributed by atoms with Gasteiger partial charge in [0.25, 0.3) is 0 Å². The third kappa shape index (κ3) is 3.21. The van der Waals surface area contributed by atoms with Crippen molar-refractivity contribution in [2.75, 3.05) is 26.3 Å². The molecule has 30 heavy (non-hydrogen) atoms. The molecule has 2 aliphatic heterocycles. The Labute approximate surface area is 179 Å². The molecule has 0 radical (unpaired) electrons. The van der Waals surface area contributed by atoms with E-state index in [4.69, 9.17) is 16.3 Å². The van der Waals surface area contributed by atoms with Crippen molar-refractivity contribution < 1.29 is 27.0 Å². The van der Waals surface area contributed by atoms with Gasteiger partial charge in [0.15, 0.2) is 21.4 Å². The van der Waals surface area contributed by atoms with Crippen LogP contribution >= 0.6 is 11.6 Å². The smallest absolute Gasteiger partial charge is 0.190 e. The average Bonchev–Trinajstić information content (AvgIpc) is 2.74. The minimum Gasteiger partial charge on any atom is -0.488 e. The number of halogens is 3. The summed E-state index contributed by atoms with van der Waals surface area (Å²) in [6.45, 7) is 0.860. The van der Waals surface area contributed by atoms with Crippen LogP contribution in [-0.4, -0.2) is 50.8 Å². The fourth-order valence-corrected chi connectivity index (χ4v) is 7.23. The maximum atomic E-state index is 15.2. The Hall–Kier alpha value is -1.74. The van der Waals surface area contributed by atoms with E-state index in [9.17, 15) is 17.9 Å². The lowest BCUT2D eigenvalue weighted by molar-refractivity contribution is 0.0401. The summed E-state index contributed by atoms with van der Waals surface area (Å²) in [5.74, 6) is -1.94. The van der Waals surface area contributed by atoms with E-state index in [1.165, 1.54) is 24.3 Å². The highest BCUT2D eigenvalue weighted by Gasteiger charge is 2.60. The fourth-order valence-electron chi connectivity index (χ4n) is 4.74. The Kier molecular flexibility index (Phi) is 5.78. The van der Waals surface area contributed by atoms with Crippen molar-refractivity contribution in [1.82, 2.24) is 4.90 Å². The van der Waals surface area contributed by atoms with E-state index in [0.29, 0.717) is 31.0 Å². The molecule has 0 aliphatic carbocycles. The minimum atomic E-state index is -4.16. The van der Waals surface area contributed by atoms with Crippen molar-refractivity contribution >= 4 is 21.4 Å². The molecule has 2 atom stereocenters. The van der Waals surface area contributed by atoms with Crippen LogP contribution in [0.15, 0.2) is 41.3 Å². The number of ether oxygens (including phenoxy) is 1. The standard InChI is InChI=1S/C21H22ClF2NO4S/c22-14-3-5-15(6-4-14)30(27,28)21-9-1-10-25(11-2-12-26)18(21)13-29-20-17(24)8-7-16(23)19(20)21/h3-8,18,26H,1-2,9-13H2/t18-,21+/m1/s1. The topological polar surface area (TPSA) is 66.8 Å². The summed E-state index contributed by atoms with van der Waals surface area (Å²) in [5.41, 5.74) is -0.248. The molecule has 0 amide bonds. The Morgan fingerprint density at radius 3 is 2.57 bits per heavy atom. The van der Waals surface area contributed by atoms with Gasteiger partial charge in [0.1, 0.15) is 17.2 Å². The number of aliphatic hydroxyl groups is 1. The molecule has 9 heteroatoms. The summed E-state index contributed by atoms with van der Waals surface area (Å²) >= 11 is 5.93. The van der Waals surface area contributed by atoms with Crippen LogP contribution in [0.25, 0.3) is 0 Å². The quantitative estimate of drug-likeness (QED) is 0.744. The molecule has 0 spiro atoms. The maximum absolute atomic E-state index is 15.2. The second-order valence-corrected chi connectivity index (χ2v) is 10.3. The number of sulfone groups is 1. The van der Waals surface area contributed by atoms with Crippen molar-refractivity contribution in [3.8, 4) is 5.75 Å². The molecule has 2 aromatic carbocycles. The molecule has 4 rings (SSSR count). The van der Waals surface area contributed by atoms with Crippen LogP contribution < -0.4 is 4.74 Å². The lowest BCUT2D eigenvalue weighted by atomic mass is 9.80. The van der Waals surface area contributed by atoms with E-state index in [1.54, 1.807) is 0 Å². The van der Waals surface area contributed by atoms with Crippen molar-refractivity contribution in [2.45, 2.75) is 34.9 Å². The third-order valence-electron chi connectivity index (χ3n) is 6.05. The Morgan fingerprint density at radius 2 is 1.87 bits per heavy atom. The molecule has 2 aliphatic rings. The molecule has 0 aromatic heterocycles. The van der Waals surface area contributed by atoms with Gasteiger partial charge in [0, 0.05) is 18.2 Å². The zero-order valence-electron chi connectivity index (χ0n) is 16.2. The number of hydrogen-bond donors (Lipinski definition) is 1. The van der Waals surface area contributed by atoms with Crippen LogP contribution in [0.3, 0.4) is 0 Å². The number of hydrogen-bond acceptors (Lipinski definition) is 5. The number of likely N-dealkylation sites (tertiary alicyclic amines) is 1. The largest absolute Gasteiger partial charge is 0.488 e. The van der Waals surface area contributed by atoms with E-state index in [2.05, 4.69) is 0 Å². The van der Waals surface area contributed by atoms with Crippen LogP contribution in [0.2, 0.25) is 5.02 Å². The summed E-state index contributed by atoms with van der Waals surface area (Å²) in [4.78, 5) is 1.90. The van der Waals surface area contributed by atoms with Gasteiger partial charge in [-0.2, -0.15) is 0 Å². The second-order valence-electron chi connectivity index (χ2n) is 7.62. The Morgan fingerprint density at radius 1 is 1.17 bits per heavy atom. The summed E-state index contributed by atoms with van der Waals surface area (Å²) < 4.78 is 61.7. The number of piperidine rings is 1. The first kappa shape index (κ1) is 21.5. The summed E-state index contributed by atoms with van der Waals surface area (Å²) in [6, 6.07) is 6.89. The van der Waals surface area contributed by atoms with Crippen LogP contribution in [0.4, 0.5) is 8.78 Å². The third-order valence-corrected chi connectivity index (χ3v) is 8.83. The highest BCUT2D eigenvalue weighted by atomic mass is 35.5. The van der Waals surface area contributed by atoms with Gasteiger partial charge in [-0.25, -0.2) is 17.2 Å². The van der Waals surface area contributed by atoms with Gasteiger partial charge >= 0.3 is 0 Å². The summed E-state index contributed by atoms with van der Waals surface area (Å²) in [5, 5.41) is 9.64. The predicted molar refractivity (Wildman–Crippen MR) is 108 cm³/mol. The normalized spacial score (nSPS) is 24.1. The minimum absolute atomic E-state index is 0.00239. The first-order chi connectivity index (χ1) is 14.3. The van der Waals surface area contributed by atoms with Gasteiger partial charge in [-0.15, -0.1) is 0 Å². The maximum Gasteiger partial charge on any atom is 0.190 e. The van der Waals surface area contributed by atoms with Gasteiger partial charge in [-0.3, -0.25) is 4.90 Å². The van der Waals surface area contributed by atoms with E-state index in [-0.39, 0.29) is 35.8 Å². The number of aliphatic hydroxyl groups excluding tert-OH is 1. The molecule has 162 valence electrons. The van der Waals surface area contributed by atoms with Gasteiger partial charge in [-0.05, 0) is 62.2 Å². The summed E-state index contributed by atoms with van der Waals surface area (Å²) in [6.07, 6.45) is 1.05. The first-order valence-corrected chi connectivity index (χ1v) is 11.7. The fraction of sp³-hybridized carbons (Fsp3) is 0.429. The lowest BCUT2D eigenvalue weighted by Gasteiger charge is -2.52. The van der Waals surface area contributed by atoms with E-state index < -0.39 is 32.3 Å². The number of benzene rings is 2. The molecular weight excluding hydrogens is 436 g/mol. The molecule has 1 N–H and O–H groups in total. The molecule has 0 unspecified atom stereocenters. The van der Waals surface area contributed by atoms with E-state index in [1.807, 2.05) is 4.90 Å². The van der Waals surface area contributed by atoms with Crippen LogP contribution in [0.5, 0.6) is 5.75 Å². The molecular formula is C21H22ClF2NO4S. The van der Waals surface area contributed by atoms with Crippen molar-refractivity contribution in [3.05, 3.63) is 58.6 Å². The van der Waals surface area contributed by atoms with E-state index in [0.717, 1.165) is 12.1 Å². The molecule has 5 nitrogen and oxygen atoms in total. The average molecular weight is 458 g/mol. The van der Waals surface area contributed by atoms with Crippen molar-refractivity contribution in [1.29, 1.82) is 0 Å². The Balaban J connectivity index is 1.97. The Bertz CT molecular complexity index is 1050. The zero-order valence-corrected chi connectivity index (χ0v) is 17.7. The highest BCUT2D eigenvalue weighted by Crippen LogP contribution is 2.53. The number of nitrogens with zero attached hydrogens (tertiary/aromatic N) is 1. The second kappa shape index (κ2) is 8.07. The van der Waals surface area contributed by atoms with E-state index >= 15 is 4.39 Å². The molecule has 1 saturated heterocycles. The van der Waals surface area contributed by atoms with Crippen LogP contribution in [0.1, 0.15) is 24.8 Å². The molecule has 0 bridgehead atoms. The molecule has 2 heterocycles. The molecule has 1 fully saturated rings. The first-order valence-electron chi connectivity index (χ1n) is 9.79. The van der Waals surface area contributed by atoms with Gasteiger partial charge in [0.05, 0.1) is 16.5 Å². The van der Waals surface area contributed by atoms with Gasteiger partial charge in [0.2, 0.25) is 0 Å². The van der Waals surface area contributed by atoms with Gasteiger partial charge < -0.3 is 9.84 Å². The molecule has 0 saturated carbocycles. The zero-order chi connectivity index (χ0) is 21.5. The van der Waals surface area contributed by atoms with Gasteiger partial charge in [-0.1, -0.05) is 11.6 Å². The van der Waals surface area contributed by atoms with Crippen LogP contribution in [-0.2, 0) is 14.6 Å². The summed E-state index contributed by atoms with van der Waals surface area (Å²) in [7, 11) is -4.16. The molecule has 2 aromatic rings. The predicted octanol–water partition coefficient (Wildman–Crippen LogP) is 3.53. The highest BCUT2D eigenvalue weighted by molar-refractivity contribution is 7.92. The van der Waals surface area contributed by atoms with Crippen molar-refractivity contribution in [2.24, 2.45) is 0 Å². The lowest BCUT2D eigenvalue weighted by Crippen LogP contribution is -2.63. The number of fused-ring (bicyclic) bond motifs is 3. The number of rotatable bonds is 5. The monoisotopic (exact) mass is 457 g/mol. The SMILES string of the molecule is O=S(=O)(c1ccc(Cl)cc1)[C@@]12CCCN(CCCO)[C@@H]1COc1c(F)ccc(F)c12.